The molecule has 6 nitrogen and oxygen atoms in total. The summed E-state index contributed by atoms with van der Waals surface area (Å²) >= 11 is 0. The molecule has 1 aliphatic rings. The quantitative estimate of drug-likeness (QED) is 0.757. The Balaban J connectivity index is 2.18. The zero-order chi connectivity index (χ0) is 15.4. The number of carbonyl (C=O) groups is 2. The van der Waals surface area contributed by atoms with Crippen LogP contribution in [0.4, 0.5) is 10.1 Å². The van der Waals surface area contributed by atoms with Gasteiger partial charge in [-0.25, -0.2) is 9.18 Å². The first-order chi connectivity index (χ1) is 10.0. The van der Waals surface area contributed by atoms with Gasteiger partial charge in [0, 0.05) is 6.04 Å². The van der Waals surface area contributed by atoms with Gasteiger partial charge in [0.1, 0.15) is 5.82 Å². The number of carboxylic acid groups (broad SMARTS) is 1. The fourth-order valence-electron chi connectivity index (χ4n) is 2.32. The number of amides is 1. The average Bonchev–Trinajstić information content (AvgIpc) is 2.89. The number of aromatic carboxylic acids is 1. The van der Waals surface area contributed by atoms with Gasteiger partial charge in [0.25, 0.3) is 0 Å². The SMILES string of the molecule is CCNC1COCC1C(=O)Nc1c(F)cccc1C(=O)O. The Morgan fingerprint density at radius 2 is 2.19 bits per heavy atom. The number of carbonyl (C=O) groups excluding carboxylic acids is 1. The molecule has 21 heavy (non-hydrogen) atoms. The first kappa shape index (κ1) is 15.4. The van der Waals surface area contributed by atoms with E-state index < -0.39 is 23.6 Å². The van der Waals surface area contributed by atoms with Crippen LogP contribution < -0.4 is 10.6 Å². The topological polar surface area (TPSA) is 87.7 Å². The van der Waals surface area contributed by atoms with E-state index in [1.165, 1.54) is 12.1 Å². The lowest BCUT2D eigenvalue weighted by Crippen LogP contribution is -2.41. The van der Waals surface area contributed by atoms with E-state index in [1.807, 2.05) is 6.92 Å². The molecule has 114 valence electrons. The van der Waals surface area contributed by atoms with E-state index >= 15 is 0 Å². The fraction of sp³-hybridized carbons (Fsp3) is 0.429. The largest absolute Gasteiger partial charge is 0.478 e. The second-order valence-corrected chi connectivity index (χ2v) is 4.76. The minimum atomic E-state index is -1.30. The molecular weight excluding hydrogens is 279 g/mol. The van der Waals surface area contributed by atoms with Crippen LogP contribution in [0.2, 0.25) is 0 Å². The van der Waals surface area contributed by atoms with Crippen LogP contribution in [0, 0.1) is 11.7 Å². The predicted molar refractivity (Wildman–Crippen MR) is 73.8 cm³/mol. The van der Waals surface area contributed by atoms with Crippen molar-refractivity contribution < 1.29 is 23.8 Å². The molecule has 2 atom stereocenters. The van der Waals surface area contributed by atoms with E-state index in [-0.39, 0.29) is 23.9 Å². The predicted octanol–water partition coefficient (Wildman–Crippen LogP) is 1.09. The lowest BCUT2D eigenvalue weighted by atomic mass is 10.0. The normalized spacial score (nSPS) is 21.2. The molecule has 1 aromatic carbocycles. The minimum absolute atomic E-state index is 0.157. The Morgan fingerprint density at radius 1 is 1.43 bits per heavy atom. The number of likely N-dealkylation sites (N-methyl/N-ethyl adjacent to an activating group) is 1. The minimum Gasteiger partial charge on any atom is -0.478 e. The summed E-state index contributed by atoms with van der Waals surface area (Å²) in [6.07, 6.45) is 0. The number of anilines is 1. The zero-order valence-corrected chi connectivity index (χ0v) is 11.6. The first-order valence-corrected chi connectivity index (χ1v) is 6.68. The molecule has 1 aliphatic heterocycles. The van der Waals surface area contributed by atoms with Crippen LogP contribution >= 0.6 is 0 Å². The molecule has 7 heteroatoms. The van der Waals surface area contributed by atoms with Crippen LogP contribution in [-0.2, 0) is 9.53 Å². The van der Waals surface area contributed by atoms with Gasteiger partial charge in [-0.1, -0.05) is 13.0 Å². The molecule has 0 bridgehead atoms. The highest BCUT2D eigenvalue weighted by Crippen LogP contribution is 2.22. The third-order valence-electron chi connectivity index (χ3n) is 3.38. The summed E-state index contributed by atoms with van der Waals surface area (Å²) in [5, 5.41) is 14.5. The van der Waals surface area contributed by atoms with E-state index in [9.17, 15) is 14.0 Å². The molecule has 1 saturated heterocycles. The van der Waals surface area contributed by atoms with E-state index in [0.29, 0.717) is 13.2 Å². The molecule has 0 aromatic heterocycles. The maximum Gasteiger partial charge on any atom is 0.337 e. The van der Waals surface area contributed by atoms with Gasteiger partial charge in [0.2, 0.25) is 5.91 Å². The molecule has 0 aliphatic carbocycles. The summed E-state index contributed by atoms with van der Waals surface area (Å²) in [6.45, 7) is 3.21. The summed E-state index contributed by atoms with van der Waals surface area (Å²) in [5.74, 6) is -3.00. The Morgan fingerprint density at radius 3 is 2.86 bits per heavy atom. The zero-order valence-electron chi connectivity index (χ0n) is 11.6. The maximum absolute atomic E-state index is 13.8. The standard InChI is InChI=1S/C14H17FN2O4/c1-2-16-11-7-21-6-9(11)13(18)17-12-8(14(19)20)4-3-5-10(12)15/h3-5,9,11,16H,2,6-7H2,1H3,(H,17,18)(H,19,20). The van der Waals surface area contributed by atoms with E-state index in [1.54, 1.807) is 0 Å². The number of carboxylic acids is 1. The molecular formula is C14H17FN2O4. The second-order valence-electron chi connectivity index (χ2n) is 4.76. The number of benzene rings is 1. The monoisotopic (exact) mass is 296 g/mol. The number of para-hydroxylation sites is 1. The molecule has 2 rings (SSSR count). The van der Waals surface area contributed by atoms with Crippen molar-refractivity contribution in [2.75, 3.05) is 25.1 Å². The second kappa shape index (κ2) is 6.64. The number of nitrogens with one attached hydrogen (secondary N) is 2. The summed E-state index contributed by atoms with van der Waals surface area (Å²) in [7, 11) is 0. The van der Waals surface area contributed by atoms with Crippen molar-refractivity contribution in [2.24, 2.45) is 5.92 Å². The molecule has 3 N–H and O–H groups in total. The number of hydrogen-bond donors (Lipinski definition) is 3. The van der Waals surface area contributed by atoms with Crippen molar-refractivity contribution in [3.05, 3.63) is 29.6 Å². The van der Waals surface area contributed by atoms with Crippen molar-refractivity contribution >= 4 is 17.6 Å². The molecule has 1 aromatic rings. The summed E-state index contributed by atoms with van der Waals surface area (Å²) in [4.78, 5) is 23.3. The molecule has 0 saturated carbocycles. The molecule has 0 spiro atoms. The highest BCUT2D eigenvalue weighted by molar-refractivity contribution is 6.01. The van der Waals surface area contributed by atoms with E-state index in [2.05, 4.69) is 10.6 Å². The van der Waals surface area contributed by atoms with Crippen LogP contribution in [0.1, 0.15) is 17.3 Å². The number of halogens is 1. The average molecular weight is 296 g/mol. The lowest BCUT2D eigenvalue weighted by molar-refractivity contribution is -0.120. The van der Waals surface area contributed by atoms with Crippen molar-refractivity contribution in [3.8, 4) is 0 Å². The summed E-state index contributed by atoms with van der Waals surface area (Å²) < 4.78 is 19.0. The van der Waals surface area contributed by atoms with Crippen LogP contribution in [-0.4, -0.2) is 42.8 Å². The maximum atomic E-state index is 13.8. The molecule has 2 unspecified atom stereocenters. The van der Waals surface area contributed by atoms with Gasteiger partial charge in [0.05, 0.1) is 30.4 Å². The third kappa shape index (κ3) is 3.37. The smallest absolute Gasteiger partial charge is 0.337 e. The Labute approximate surface area is 121 Å². The van der Waals surface area contributed by atoms with Crippen molar-refractivity contribution in [2.45, 2.75) is 13.0 Å². The highest BCUT2D eigenvalue weighted by atomic mass is 19.1. The van der Waals surface area contributed by atoms with Crippen LogP contribution in [0.25, 0.3) is 0 Å². The Hall–Kier alpha value is -1.99. The van der Waals surface area contributed by atoms with Crippen molar-refractivity contribution in [1.82, 2.24) is 5.32 Å². The van der Waals surface area contributed by atoms with E-state index in [4.69, 9.17) is 9.84 Å². The fourth-order valence-corrected chi connectivity index (χ4v) is 2.32. The van der Waals surface area contributed by atoms with Gasteiger partial charge in [0.15, 0.2) is 0 Å². The number of hydrogen-bond acceptors (Lipinski definition) is 4. The van der Waals surface area contributed by atoms with Crippen LogP contribution in [0.15, 0.2) is 18.2 Å². The Kier molecular flexibility index (Phi) is 4.87. The van der Waals surface area contributed by atoms with Gasteiger partial charge in [-0.2, -0.15) is 0 Å². The number of rotatable bonds is 5. The van der Waals surface area contributed by atoms with Gasteiger partial charge in [-0.15, -0.1) is 0 Å². The molecule has 0 radical (unpaired) electrons. The Bertz CT molecular complexity index is 550. The van der Waals surface area contributed by atoms with Gasteiger partial charge in [-0.3, -0.25) is 4.79 Å². The van der Waals surface area contributed by atoms with Crippen molar-refractivity contribution in [3.63, 3.8) is 0 Å². The molecule has 1 fully saturated rings. The third-order valence-corrected chi connectivity index (χ3v) is 3.38. The summed E-state index contributed by atoms with van der Waals surface area (Å²) in [6, 6.07) is 3.48. The van der Waals surface area contributed by atoms with Crippen molar-refractivity contribution in [1.29, 1.82) is 0 Å². The van der Waals surface area contributed by atoms with Gasteiger partial charge < -0.3 is 20.5 Å². The van der Waals surface area contributed by atoms with E-state index in [0.717, 1.165) is 6.07 Å². The number of ether oxygens (including phenoxy) is 1. The highest BCUT2D eigenvalue weighted by Gasteiger charge is 2.34. The van der Waals surface area contributed by atoms with Crippen LogP contribution in [0.3, 0.4) is 0 Å². The lowest BCUT2D eigenvalue weighted by Gasteiger charge is -2.18. The van der Waals surface area contributed by atoms with Crippen LogP contribution in [0.5, 0.6) is 0 Å². The molecule has 1 amide bonds. The summed E-state index contributed by atoms with van der Waals surface area (Å²) in [5.41, 5.74) is -0.584. The van der Waals surface area contributed by atoms with Gasteiger partial charge in [-0.05, 0) is 18.7 Å². The molecule has 1 heterocycles. The first-order valence-electron chi connectivity index (χ1n) is 6.68. The van der Waals surface area contributed by atoms with Gasteiger partial charge >= 0.3 is 5.97 Å².